The Bertz CT molecular complexity index is 727. The third-order valence-corrected chi connectivity index (χ3v) is 5.21. The first-order chi connectivity index (χ1) is 12.1. The Kier molecular flexibility index (Phi) is 4.68. The van der Waals surface area contributed by atoms with Crippen LogP contribution in [0.2, 0.25) is 0 Å². The number of primary amides is 1. The summed E-state index contributed by atoms with van der Waals surface area (Å²) in [6.45, 7) is 1.54. The molecule has 0 bridgehead atoms. The number of piperidine rings is 1. The molecule has 3 N–H and O–H groups in total. The van der Waals surface area contributed by atoms with E-state index in [0.717, 1.165) is 25.3 Å². The number of carbonyl (C=O) groups excluding carboxylic acids is 2. The number of nitrogens with one attached hydrogen (secondary N) is 1. The number of hydrogen-bond donors (Lipinski definition) is 2. The van der Waals surface area contributed by atoms with Crippen molar-refractivity contribution in [3.63, 3.8) is 0 Å². The van der Waals surface area contributed by atoms with Crippen LogP contribution in [0.25, 0.3) is 0 Å². The van der Waals surface area contributed by atoms with Crippen LogP contribution in [0, 0.1) is 11.2 Å². The lowest BCUT2D eigenvalue weighted by Crippen LogP contribution is -2.42. The molecule has 1 heterocycles. The lowest BCUT2D eigenvalue weighted by molar-refractivity contribution is -0.137. The Morgan fingerprint density at radius 2 is 1.88 bits per heavy atom. The topological polar surface area (TPSA) is 75.4 Å². The summed E-state index contributed by atoms with van der Waals surface area (Å²) in [5, 5.41) is 2.71. The first-order valence-electron chi connectivity index (χ1n) is 8.28. The molecule has 2 aliphatic rings. The maximum Gasteiger partial charge on any atom is 0.416 e. The fraction of sp³-hybridized carbons (Fsp3) is 0.529. The fourth-order valence-corrected chi connectivity index (χ4v) is 3.61. The van der Waals surface area contributed by atoms with Crippen molar-refractivity contribution in [3.8, 4) is 0 Å². The minimum absolute atomic E-state index is 0.0933. The van der Waals surface area contributed by atoms with Gasteiger partial charge in [-0.25, -0.2) is 4.39 Å². The van der Waals surface area contributed by atoms with E-state index in [9.17, 15) is 27.2 Å². The highest BCUT2D eigenvalue weighted by Gasteiger charge is 2.55. The molecular formula is C17H19F4N3O2. The van der Waals surface area contributed by atoms with Crippen molar-refractivity contribution in [3.05, 3.63) is 35.1 Å². The van der Waals surface area contributed by atoms with Gasteiger partial charge in [0.25, 0.3) is 5.91 Å². The quantitative estimate of drug-likeness (QED) is 0.792. The lowest BCUT2D eigenvalue weighted by Gasteiger charge is -2.32. The predicted octanol–water partition coefficient (Wildman–Crippen LogP) is 1.91. The molecule has 142 valence electrons. The van der Waals surface area contributed by atoms with Gasteiger partial charge in [-0.3, -0.25) is 14.5 Å². The molecule has 0 radical (unpaired) electrons. The van der Waals surface area contributed by atoms with Crippen LogP contribution in [0.4, 0.5) is 17.6 Å². The molecule has 1 aliphatic heterocycles. The van der Waals surface area contributed by atoms with Gasteiger partial charge in [-0.05, 0) is 56.0 Å². The highest BCUT2D eigenvalue weighted by Crippen LogP contribution is 2.53. The van der Waals surface area contributed by atoms with E-state index in [0.29, 0.717) is 25.2 Å². The molecule has 1 saturated heterocycles. The maximum atomic E-state index is 13.4. The van der Waals surface area contributed by atoms with E-state index in [-0.39, 0.29) is 23.6 Å². The van der Waals surface area contributed by atoms with Crippen molar-refractivity contribution in [1.82, 2.24) is 10.2 Å². The highest BCUT2D eigenvalue weighted by atomic mass is 19.4. The number of hydrogen-bond acceptors (Lipinski definition) is 3. The van der Waals surface area contributed by atoms with Gasteiger partial charge in [-0.15, -0.1) is 0 Å². The number of nitrogens with zero attached hydrogens (tertiary/aromatic N) is 1. The summed E-state index contributed by atoms with van der Waals surface area (Å²) in [5.41, 5.74) is 3.55. The third-order valence-electron chi connectivity index (χ3n) is 5.21. The average molecular weight is 373 g/mol. The molecule has 1 saturated carbocycles. The highest BCUT2D eigenvalue weighted by molar-refractivity contribution is 5.95. The van der Waals surface area contributed by atoms with Crippen LogP contribution in [-0.4, -0.2) is 42.4 Å². The van der Waals surface area contributed by atoms with E-state index < -0.39 is 29.4 Å². The van der Waals surface area contributed by atoms with Gasteiger partial charge in [0.05, 0.1) is 12.1 Å². The summed E-state index contributed by atoms with van der Waals surface area (Å²) in [5.74, 6) is -2.21. The number of likely N-dealkylation sites (tertiary alicyclic amines) is 1. The zero-order valence-electron chi connectivity index (χ0n) is 13.9. The van der Waals surface area contributed by atoms with E-state index in [1.807, 2.05) is 4.90 Å². The van der Waals surface area contributed by atoms with Gasteiger partial charge in [0.2, 0.25) is 5.91 Å². The SMILES string of the molecule is NC(=O)CN1CCC2(CC1)CC2NC(=O)c1cc(F)cc(C(F)(F)F)c1. The summed E-state index contributed by atoms with van der Waals surface area (Å²) >= 11 is 0. The molecule has 1 aliphatic carbocycles. The molecule has 2 fully saturated rings. The van der Waals surface area contributed by atoms with Crippen LogP contribution >= 0.6 is 0 Å². The van der Waals surface area contributed by atoms with E-state index in [1.54, 1.807) is 0 Å². The van der Waals surface area contributed by atoms with Crippen LogP contribution in [0.1, 0.15) is 35.2 Å². The second-order valence-electron chi connectivity index (χ2n) is 7.06. The minimum atomic E-state index is -4.72. The van der Waals surface area contributed by atoms with Gasteiger partial charge >= 0.3 is 6.18 Å². The Morgan fingerprint density at radius 3 is 2.46 bits per heavy atom. The van der Waals surface area contributed by atoms with E-state index in [2.05, 4.69) is 5.32 Å². The van der Waals surface area contributed by atoms with Crippen molar-refractivity contribution in [2.75, 3.05) is 19.6 Å². The largest absolute Gasteiger partial charge is 0.416 e. The number of rotatable bonds is 4. The Hall–Kier alpha value is -2.16. The summed E-state index contributed by atoms with van der Waals surface area (Å²) in [7, 11) is 0. The number of nitrogens with two attached hydrogens (primary N) is 1. The molecule has 26 heavy (non-hydrogen) atoms. The monoisotopic (exact) mass is 373 g/mol. The number of amides is 2. The lowest BCUT2D eigenvalue weighted by atomic mass is 9.92. The van der Waals surface area contributed by atoms with Gasteiger partial charge in [-0.1, -0.05) is 0 Å². The number of halogens is 4. The average Bonchev–Trinajstić information content (AvgIpc) is 3.19. The number of benzene rings is 1. The normalized spacial score (nSPS) is 22.2. The van der Waals surface area contributed by atoms with Crippen LogP contribution < -0.4 is 11.1 Å². The smallest absolute Gasteiger partial charge is 0.369 e. The van der Waals surface area contributed by atoms with Crippen LogP contribution in [-0.2, 0) is 11.0 Å². The molecule has 3 rings (SSSR count). The van der Waals surface area contributed by atoms with E-state index in [4.69, 9.17) is 5.73 Å². The predicted molar refractivity (Wildman–Crippen MR) is 84.6 cm³/mol. The fourth-order valence-electron chi connectivity index (χ4n) is 3.61. The Labute approximate surface area is 147 Å². The van der Waals surface area contributed by atoms with Gasteiger partial charge in [0.15, 0.2) is 0 Å². The van der Waals surface area contributed by atoms with Crippen molar-refractivity contribution >= 4 is 11.8 Å². The van der Waals surface area contributed by atoms with Gasteiger partial charge < -0.3 is 11.1 Å². The first kappa shape index (κ1) is 18.6. The van der Waals surface area contributed by atoms with Crippen LogP contribution in [0.5, 0.6) is 0 Å². The van der Waals surface area contributed by atoms with Gasteiger partial charge in [0.1, 0.15) is 5.82 Å². The Morgan fingerprint density at radius 1 is 1.23 bits per heavy atom. The Balaban J connectivity index is 1.61. The van der Waals surface area contributed by atoms with Crippen molar-refractivity contribution in [2.45, 2.75) is 31.5 Å². The second kappa shape index (κ2) is 6.53. The van der Waals surface area contributed by atoms with E-state index >= 15 is 0 Å². The van der Waals surface area contributed by atoms with Gasteiger partial charge in [0, 0.05) is 11.6 Å². The van der Waals surface area contributed by atoms with Crippen LogP contribution in [0.3, 0.4) is 0 Å². The molecule has 5 nitrogen and oxygen atoms in total. The summed E-state index contributed by atoms with van der Waals surface area (Å²) in [6, 6.07) is 1.67. The van der Waals surface area contributed by atoms with Crippen molar-refractivity contribution < 1.29 is 27.2 Å². The molecule has 1 atom stereocenters. The van der Waals surface area contributed by atoms with Crippen molar-refractivity contribution in [1.29, 1.82) is 0 Å². The summed E-state index contributed by atoms with van der Waals surface area (Å²) in [4.78, 5) is 25.1. The first-order valence-corrected chi connectivity index (χ1v) is 8.28. The van der Waals surface area contributed by atoms with Crippen LogP contribution in [0.15, 0.2) is 18.2 Å². The standard InChI is InChI=1S/C17H19F4N3O2/c18-12-6-10(5-11(7-12)17(19,20)21)15(26)23-13-8-16(13)1-3-24(4-2-16)9-14(22)25/h5-7,13H,1-4,8-9H2,(H2,22,25)(H,23,26). The maximum absolute atomic E-state index is 13.4. The second-order valence-corrected chi connectivity index (χ2v) is 7.06. The third kappa shape index (κ3) is 3.98. The molecule has 2 amide bonds. The van der Waals surface area contributed by atoms with Gasteiger partial charge in [-0.2, -0.15) is 13.2 Å². The minimum Gasteiger partial charge on any atom is -0.369 e. The van der Waals surface area contributed by atoms with Crippen molar-refractivity contribution in [2.24, 2.45) is 11.1 Å². The summed E-state index contributed by atoms with van der Waals surface area (Å²) in [6.07, 6.45) is -2.46. The zero-order chi connectivity index (χ0) is 19.1. The zero-order valence-corrected chi connectivity index (χ0v) is 13.9. The molecule has 9 heteroatoms. The number of carbonyl (C=O) groups is 2. The molecule has 0 aromatic heterocycles. The molecule has 1 unspecified atom stereocenters. The molecule has 1 aromatic carbocycles. The van der Waals surface area contributed by atoms with E-state index in [1.165, 1.54) is 0 Å². The molecule has 1 aromatic rings. The molecule has 1 spiro atoms. The summed E-state index contributed by atoms with van der Waals surface area (Å²) < 4.78 is 51.7. The molecular weight excluding hydrogens is 354 g/mol. The number of alkyl halides is 3.